The number of hydrogen-bond donors (Lipinski definition) is 1. The van der Waals surface area contributed by atoms with Crippen LogP contribution in [0.5, 0.6) is 0 Å². The normalized spacial score (nSPS) is 11.9. The zero-order valence-electron chi connectivity index (χ0n) is 12.8. The van der Waals surface area contributed by atoms with Gasteiger partial charge in [-0.2, -0.15) is 0 Å². The van der Waals surface area contributed by atoms with Crippen LogP contribution in [0.15, 0.2) is 18.3 Å². The highest BCUT2D eigenvalue weighted by Gasteiger charge is 2.07. The third-order valence-corrected chi connectivity index (χ3v) is 3.16. The summed E-state index contributed by atoms with van der Waals surface area (Å²) in [5.74, 6) is 0.486. The first-order valence-electron chi connectivity index (χ1n) is 7.57. The van der Waals surface area contributed by atoms with Crippen LogP contribution in [0, 0.1) is 0 Å². The Morgan fingerprint density at radius 1 is 1.30 bits per heavy atom. The van der Waals surface area contributed by atoms with E-state index < -0.39 is 0 Å². The summed E-state index contributed by atoms with van der Waals surface area (Å²) in [4.78, 5) is 15.8. The van der Waals surface area contributed by atoms with E-state index in [2.05, 4.69) is 24.1 Å². The van der Waals surface area contributed by atoms with Gasteiger partial charge in [-0.15, -0.1) is 0 Å². The maximum Gasteiger partial charge on any atom is 0.339 e. The standard InChI is InChI=1S/C16H26N2O2/c1-4-6-7-8-9-13(3)18-15-11-10-14(12-17-15)16(19)20-5-2/h10-13H,4-9H2,1-3H3,(H,17,18). The van der Waals surface area contributed by atoms with Gasteiger partial charge < -0.3 is 10.1 Å². The fourth-order valence-corrected chi connectivity index (χ4v) is 2.02. The van der Waals surface area contributed by atoms with Gasteiger partial charge in [0.05, 0.1) is 12.2 Å². The topological polar surface area (TPSA) is 51.2 Å². The molecule has 0 radical (unpaired) electrons. The summed E-state index contributed by atoms with van der Waals surface area (Å²) in [5.41, 5.74) is 0.494. The lowest BCUT2D eigenvalue weighted by Gasteiger charge is -2.14. The Kier molecular flexibility index (Phi) is 7.70. The van der Waals surface area contributed by atoms with Crippen molar-refractivity contribution in [2.24, 2.45) is 0 Å². The van der Waals surface area contributed by atoms with Gasteiger partial charge in [-0.05, 0) is 32.4 Å². The molecular weight excluding hydrogens is 252 g/mol. The predicted octanol–water partition coefficient (Wildman–Crippen LogP) is 4.03. The molecule has 0 bridgehead atoms. The lowest BCUT2D eigenvalue weighted by molar-refractivity contribution is 0.0526. The van der Waals surface area contributed by atoms with Crippen molar-refractivity contribution in [1.82, 2.24) is 4.98 Å². The third-order valence-electron chi connectivity index (χ3n) is 3.16. The zero-order valence-corrected chi connectivity index (χ0v) is 12.8. The molecule has 1 heterocycles. The molecule has 4 heteroatoms. The fraction of sp³-hybridized carbons (Fsp3) is 0.625. The van der Waals surface area contributed by atoms with Gasteiger partial charge in [0.15, 0.2) is 0 Å². The molecule has 1 atom stereocenters. The Hall–Kier alpha value is -1.58. The number of anilines is 1. The molecule has 0 spiro atoms. The van der Waals surface area contributed by atoms with Crippen molar-refractivity contribution in [3.63, 3.8) is 0 Å². The summed E-state index contributed by atoms with van der Waals surface area (Å²) in [6.45, 7) is 6.55. The van der Waals surface area contributed by atoms with Crippen LogP contribution in [0.3, 0.4) is 0 Å². The molecular formula is C16H26N2O2. The third kappa shape index (κ3) is 6.04. The summed E-state index contributed by atoms with van der Waals surface area (Å²) in [6, 6.07) is 3.97. The van der Waals surface area contributed by atoms with Crippen LogP contribution in [0.25, 0.3) is 0 Å². The number of carbonyl (C=O) groups excluding carboxylic acids is 1. The second-order valence-corrected chi connectivity index (χ2v) is 5.05. The van der Waals surface area contributed by atoms with E-state index in [1.54, 1.807) is 19.2 Å². The summed E-state index contributed by atoms with van der Waals surface area (Å²) in [7, 11) is 0. The van der Waals surface area contributed by atoms with Gasteiger partial charge in [0.2, 0.25) is 0 Å². The minimum absolute atomic E-state index is 0.320. The van der Waals surface area contributed by atoms with Gasteiger partial charge in [-0.1, -0.05) is 32.6 Å². The fourth-order valence-electron chi connectivity index (χ4n) is 2.02. The summed E-state index contributed by atoms with van der Waals surface area (Å²) < 4.78 is 4.93. The molecule has 1 aromatic rings. The minimum Gasteiger partial charge on any atom is -0.462 e. The number of rotatable bonds is 9. The van der Waals surface area contributed by atoms with Crippen LogP contribution in [-0.2, 0) is 4.74 Å². The maximum atomic E-state index is 11.5. The Morgan fingerprint density at radius 3 is 2.70 bits per heavy atom. The first-order chi connectivity index (χ1) is 9.67. The van der Waals surface area contributed by atoms with Crippen LogP contribution in [-0.4, -0.2) is 23.6 Å². The number of carbonyl (C=O) groups is 1. The van der Waals surface area contributed by atoms with Gasteiger partial charge >= 0.3 is 5.97 Å². The number of nitrogens with one attached hydrogen (secondary N) is 1. The highest BCUT2D eigenvalue weighted by molar-refractivity contribution is 5.89. The molecule has 0 saturated heterocycles. The Labute approximate surface area is 121 Å². The molecule has 0 saturated carbocycles. The number of nitrogens with zero attached hydrogens (tertiary/aromatic N) is 1. The lowest BCUT2D eigenvalue weighted by Crippen LogP contribution is -2.16. The summed E-state index contributed by atoms with van der Waals surface area (Å²) in [5, 5.41) is 3.35. The van der Waals surface area contributed by atoms with Crippen LogP contribution >= 0.6 is 0 Å². The van der Waals surface area contributed by atoms with E-state index in [0.29, 0.717) is 18.2 Å². The Morgan fingerprint density at radius 2 is 2.10 bits per heavy atom. The Bertz CT molecular complexity index is 390. The molecule has 1 N–H and O–H groups in total. The van der Waals surface area contributed by atoms with E-state index in [1.807, 2.05) is 6.07 Å². The highest BCUT2D eigenvalue weighted by atomic mass is 16.5. The molecule has 0 aromatic carbocycles. The van der Waals surface area contributed by atoms with Crippen LogP contribution in [0.2, 0.25) is 0 Å². The first kappa shape index (κ1) is 16.5. The van der Waals surface area contributed by atoms with Crippen molar-refractivity contribution in [1.29, 1.82) is 0 Å². The lowest BCUT2D eigenvalue weighted by atomic mass is 10.1. The van der Waals surface area contributed by atoms with E-state index in [9.17, 15) is 4.79 Å². The van der Waals surface area contributed by atoms with Crippen LogP contribution in [0.4, 0.5) is 5.82 Å². The summed E-state index contributed by atoms with van der Waals surface area (Å²) in [6.07, 6.45) is 7.80. The van der Waals surface area contributed by atoms with Crippen molar-refractivity contribution < 1.29 is 9.53 Å². The molecule has 1 aromatic heterocycles. The van der Waals surface area contributed by atoms with E-state index in [-0.39, 0.29) is 5.97 Å². The number of aromatic nitrogens is 1. The summed E-state index contributed by atoms with van der Waals surface area (Å²) >= 11 is 0. The minimum atomic E-state index is -0.320. The second-order valence-electron chi connectivity index (χ2n) is 5.05. The van der Waals surface area contributed by atoms with Crippen LogP contribution in [0.1, 0.15) is 63.2 Å². The number of pyridine rings is 1. The monoisotopic (exact) mass is 278 g/mol. The van der Waals surface area contributed by atoms with E-state index in [0.717, 1.165) is 12.2 Å². The van der Waals surface area contributed by atoms with Crippen molar-refractivity contribution in [3.8, 4) is 0 Å². The smallest absolute Gasteiger partial charge is 0.339 e. The molecule has 0 aliphatic heterocycles. The van der Waals surface area contributed by atoms with Crippen molar-refractivity contribution in [3.05, 3.63) is 23.9 Å². The molecule has 0 aliphatic rings. The van der Waals surface area contributed by atoms with Gasteiger partial charge in [0.1, 0.15) is 5.82 Å². The van der Waals surface area contributed by atoms with E-state index in [1.165, 1.54) is 25.7 Å². The van der Waals surface area contributed by atoms with E-state index >= 15 is 0 Å². The zero-order chi connectivity index (χ0) is 14.8. The molecule has 0 aliphatic carbocycles. The number of hydrogen-bond acceptors (Lipinski definition) is 4. The van der Waals surface area contributed by atoms with Gasteiger partial charge in [0, 0.05) is 12.2 Å². The maximum absolute atomic E-state index is 11.5. The van der Waals surface area contributed by atoms with Crippen molar-refractivity contribution in [2.45, 2.75) is 58.9 Å². The predicted molar refractivity (Wildman–Crippen MR) is 82.0 cm³/mol. The Balaban J connectivity index is 2.38. The number of ether oxygens (including phenoxy) is 1. The molecule has 112 valence electrons. The van der Waals surface area contributed by atoms with Crippen molar-refractivity contribution in [2.75, 3.05) is 11.9 Å². The molecule has 0 amide bonds. The number of esters is 1. The average molecular weight is 278 g/mol. The van der Waals surface area contributed by atoms with E-state index in [4.69, 9.17) is 4.74 Å². The van der Waals surface area contributed by atoms with Gasteiger partial charge in [-0.3, -0.25) is 0 Å². The molecule has 4 nitrogen and oxygen atoms in total. The highest BCUT2D eigenvalue weighted by Crippen LogP contribution is 2.11. The molecule has 1 unspecified atom stereocenters. The molecule has 0 fully saturated rings. The largest absolute Gasteiger partial charge is 0.462 e. The van der Waals surface area contributed by atoms with Gasteiger partial charge in [-0.25, -0.2) is 9.78 Å². The SMILES string of the molecule is CCCCCCC(C)Nc1ccc(C(=O)OCC)cn1. The molecule has 20 heavy (non-hydrogen) atoms. The second kappa shape index (κ2) is 9.34. The van der Waals surface area contributed by atoms with Crippen molar-refractivity contribution >= 4 is 11.8 Å². The number of unbranched alkanes of at least 4 members (excludes halogenated alkanes) is 3. The average Bonchev–Trinajstić information content (AvgIpc) is 2.45. The van der Waals surface area contributed by atoms with Crippen LogP contribution < -0.4 is 5.32 Å². The van der Waals surface area contributed by atoms with Gasteiger partial charge in [0.25, 0.3) is 0 Å². The molecule has 1 rings (SSSR count). The first-order valence-corrected chi connectivity index (χ1v) is 7.57. The quantitative estimate of drug-likeness (QED) is 0.547.